The summed E-state index contributed by atoms with van der Waals surface area (Å²) < 4.78 is 17.7. The van der Waals surface area contributed by atoms with Crippen LogP contribution in [0.15, 0.2) is 133 Å². The molecule has 0 bridgehead atoms. The summed E-state index contributed by atoms with van der Waals surface area (Å²) in [4.78, 5) is 2.07. The minimum Gasteiger partial charge on any atom is -0.491 e. The average Bonchev–Trinajstić information content (AvgIpc) is 3.10. The average molecular weight is 619 g/mol. The van der Waals surface area contributed by atoms with Gasteiger partial charge in [-0.05, 0) is 53.4 Å². The Hall–Kier alpha value is -4.82. The predicted octanol–water partition coefficient (Wildman–Crippen LogP) is 6.79. The maximum absolute atomic E-state index is 11.4. The zero-order valence-corrected chi connectivity index (χ0v) is 26.1. The van der Waals surface area contributed by atoms with Gasteiger partial charge in [-0.15, -0.1) is 0 Å². The van der Waals surface area contributed by atoms with Crippen LogP contribution in [0.2, 0.25) is 0 Å². The lowest BCUT2D eigenvalue weighted by Gasteiger charge is -2.34. The van der Waals surface area contributed by atoms with Gasteiger partial charge in [0.25, 0.3) is 0 Å². The van der Waals surface area contributed by atoms with E-state index < -0.39 is 12.2 Å². The van der Waals surface area contributed by atoms with Gasteiger partial charge in [-0.1, -0.05) is 103 Å². The van der Waals surface area contributed by atoms with Crippen molar-refractivity contribution in [3.8, 4) is 17.2 Å². The monoisotopic (exact) mass is 618 g/mol. The van der Waals surface area contributed by atoms with Gasteiger partial charge in [0.2, 0.25) is 0 Å². The molecule has 0 radical (unpaired) electrons. The van der Waals surface area contributed by atoms with Gasteiger partial charge in [0.15, 0.2) is 0 Å². The predicted molar refractivity (Wildman–Crippen MR) is 182 cm³/mol. The molecule has 7 heteroatoms. The molecule has 0 aliphatic rings. The van der Waals surface area contributed by atoms with Crippen molar-refractivity contribution in [3.05, 3.63) is 156 Å². The molecule has 5 aromatic carbocycles. The minimum atomic E-state index is -0.817. The molecule has 0 saturated heterocycles. The Morgan fingerprint density at radius 1 is 0.630 bits per heavy atom. The number of nitrogen functional groups attached to an aromatic ring is 1. The number of aliphatic hydroxyl groups excluding tert-OH is 2. The molecule has 0 aliphatic carbocycles. The summed E-state index contributed by atoms with van der Waals surface area (Å²) in [6, 6.07) is 42.4. The molecule has 5 aromatic rings. The second-order valence-corrected chi connectivity index (χ2v) is 11.4. The number of ether oxygens (including phenoxy) is 3. The van der Waals surface area contributed by atoms with Gasteiger partial charge in [0.05, 0.1) is 11.8 Å². The summed E-state index contributed by atoms with van der Waals surface area (Å²) in [5.41, 5.74) is 10.7. The van der Waals surface area contributed by atoms with Crippen LogP contribution in [-0.4, -0.2) is 40.4 Å². The number of anilines is 1. The fraction of sp³-hybridized carbons (Fsp3) is 0.231. The number of benzene rings is 5. The first-order valence-electron chi connectivity index (χ1n) is 15.5. The van der Waals surface area contributed by atoms with Gasteiger partial charge in [0, 0.05) is 25.2 Å². The second kappa shape index (κ2) is 16.5. The van der Waals surface area contributed by atoms with Gasteiger partial charge in [-0.25, -0.2) is 0 Å². The first kappa shape index (κ1) is 32.6. The van der Waals surface area contributed by atoms with E-state index in [0.717, 1.165) is 28.0 Å². The molecule has 0 spiro atoms. The summed E-state index contributed by atoms with van der Waals surface area (Å²) in [6.45, 7) is 3.76. The van der Waals surface area contributed by atoms with Crippen molar-refractivity contribution in [1.29, 1.82) is 0 Å². The Morgan fingerprint density at radius 2 is 1.17 bits per heavy atom. The van der Waals surface area contributed by atoms with Crippen molar-refractivity contribution < 1.29 is 24.4 Å². The summed E-state index contributed by atoms with van der Waals surface area (Å²) in [5.74, 6) is 1.85. The molecular formula is C39H42N2O5. The van der Waals surface area contributed by atoms with Crippen LogP contribution >= 0.6 is 0 Å². The van der Waals surface area contributed by atoms with Gasteiger partial charge in [0.1, 0.15) is 43.2 Å². The molecular weight excluding hydrogens is 576 g/mol. The minimum absolute atomic E-state index is 0.0607. The number of rotatable bonds is 16. The molecule has 0 heterocycles. The van der Waals surface area contributed by atoms with Crippen LogP contribution in [-0.2, 0) is 19.8 Å². The molecule has 46 heavy (non-hydrogen) atoms. The van der Waals surface area contributed by atoms with Crippen LogP contribution in [0.4, 0.5) is 5.69 Å². The molecule has 7 nitrogen and oxygen atoms in total. The lowest BCUT2D eigenvalue weighted by molar-refractivity contribution is 0.00900. The maximum atomic E-state index is 11.4. The Bertz CT molecular complexity index is 1600. The number of hydrogen-bond acceptors (Lipinski definition) is 7. The van der Waals surface area contributed by atoms with E-state index in [2.05, 4.69) is 4.90 Å². The summed E-state index contributed by atoms with van der Waals surface area (Å²) >= 11 is 0. The highest BCUT2D eigenvalue weighted by Crippen LogP contribution is 2.28. The lowest BCUT2D eigenvalue weighted by Crippen LogP contribution is -2.43. The van der Waals surface area contributed by atoms with E-state index in [1.54, 1.807) is 18.2 Å². The molecule has 238 valence electrons. The van der Waals surface area contributed by atoms with E-state index in [9.17, 15) is 10.2 Å². The molecule has 0 amide bonds. The van der Waals surface area contributed by atoms with Crippen LogP contribution in [0.1, 0.15) is 35.3 Å². The van der Waals surface area contributed by atoms with E-state index in [1.807, 2.05) is 122 Å². The maximum Gasteiger partial charge on any atom is 0.142 e. The fourth-order valence-corrected chi connectivity index (χ4v) is 5.17. The van der Waals surface area contributed by atoms with Crippen LogP contribution < -0.4 is 19.9 Å². The Morgan fingerprint density at radius 3 is 1.76 bits per heavy atom. The van der Waals surface area contributed by atoms with E-state index >= 15 is 0 Å². The van der Waals surface area contributed by atoms with Crippen molar-refractivity contribution in [1.82, 2.24) is 4.90 Å². The molecule has 5 rings (SSSR count). The Balaban J connectivity index is 1.18. The van der Waals surface area contributed by atoms with E-state index in [-0.39, 0.29) is 12.6 Å². The quantitative estimate of drug-likeness (QED) is 0.105. The van der Waals surface area contributed by atoms with E-state index in [1.165, 1.54) is 0 Å². The van der Waals surface area contributed by atoms with Gasteiger partial charge in [-0.2, -0.15) is 0 Å². The lowest BCUT2D eigenvalue weighted by atomic mass is 10.0. The first-order chi connectivity index (χ1) is 22.4. The zero-order valence-electron chi connectivity index (χ0n) is 26.1. The second-order valence-electron chi connectivity index (χ2n) is 11.4. The van der Waals surface area contributed by atoms with Crippen LogP contribution in [0, 0.1) is 0 Å². The number of hydrogen-bond donors (Lipinski definition) is 3. The molecule has 3 atom stereocenters. The topological polar surface area (TPSA) is 97.4 Å². The van der Waals surface area contributed by atoms with Crippen LogP contribution in [0.25, 0.3) is 0 Å². The largest absolute Gasteiger partial charge is 0.491 e. The van der Waals surface area contributed by atoms with E-state index in [0.29, 0.717) is 43.5 Å². The van der Waals surface area contributed by atoms with E-state index in [4.69, 9.17) is 19.9 Å². The molecule has 4 N–H and O–H groups in total. The van der Waals surface area contributed by atoms with Crippen LogP contribution in [0.5, 0.6) is 17.2 Å². The third-order valence-corrected chi connectivity index (χ3v) is 7.84. The Kier molecular flexibility index (Phi) is 11.7. The number of nitrogens with two attached hydrogens (primary N) is 1. The smallest absolute Gasteiger partial charge is 0.142 e. The van der Waals surface area contributed by atoms with Crippen molar-refractivity contribution in [2.24, 2.45) is 0 Å². The summed E-state index contributed by atoms with van der Waals surface area (Å²) in [6.07, 6.45) is -1.61. The highest BCUT2D eigenvalue weighted by atomic mass is 16.5. The standard InChI is InChI=1S/C39H42N2O5/c1-29(39(43)33-17-19-35(20-18-33)44-26-31-13-7-3-8-14-31)41(24-30-11-5-2-6-12-30)25-34(42)28-45-36-21-22-38(37(40)23-36)46-27-32-15-9-4-10-16-32/h2-23,29,34,39,42-43H,24-28,40H2,1H3/t29?,34-,39?/m0/s1. The molecule has 0 aromatic heterocycles. The summed E-state index contributed by atoms with van der Waals surface area (Å²) in [5, 5.41) is 22.5. The van der Waals surface area contributed by atoms with Crippen molar-refractivity contribution >= 4 is 5.69 Å². The SMILES string of the molecule is CC(C(O)c1ccc(OCc2ccccc2)cc1)N(Cc1ccccc1)C[C@H](O)COc1ccc(OCc2ccccc2)c(N)c1. The fourth-order valence-electron chi connectivity index (χ4n) is 5.17. The number of aliphatic hydroxyl groups is 2. The highest BCUT2D eigenvalue weighted by molar-refractivity contribution is 5.56. The van der Waals surface area contributed by atoms with Crippen molar-refractivity contribution in [2.75, 3.05) is 18.9 Å². The normalized spacial score (nSPS) is 13.1. The third-order valence-electron chi connectivity index (χ3n) is 7.84. The van der Waals surface area contributed by atoms with Gasteiger partial charge < -0.3 is 30.2 Å². The van der Waals surface area contributed by atoms with Crippen LogP contribution in [0.3, 0.4) is 0 Å². The third kappa shape index (κ3) is 9.59. The van der Waals surface area contributed by atoms with Gasteiger partial charge in [-0.3, -0.25) is 4.90 Å². The highest BCUT2D eigenvalue weighted by Gasteiger charge is 2.26. The van der Waals surface area contributed by atoms with Crippen molar-refractivity contribution in [3.63, 3.8) is 0 Å². The number of nitrogens with zero attached hydrogens (tertiary/aromatic N) is 1. The van der Waals surface area contributed by atoms with Gasteiger partial charge >= 0.3 is 0 Å². The molecule has 2 unspecified atom stereocenters. The first-order valence-corrected chi connectivity index (χ1v) is 15.5. The Labute approximate surface area is 271 Å². The zero-order chi connectivity index (χ0) is 32.1. The molecule has 0 aliphatic heterocycles. The molecule has 0 saturated carbocycles. The molecule has 0 fully saturated rings. The van der Waals surface area contributed by atoms with Crippen molar-refractivity contribution in [2.45, 2.75) is 44.9 Å². The summed E-state index contributed by atoms with van der Waals surface area (Å²) in [7, 11) is 0.